The fraction of sp³-hybridized carbons (Fsp3) is 0.909. The van der Waals surface area contributed by atoms with Gasteiger partial charge in [0.2, 0.25) is 0 Å². The van der Waals surface area contributed by atoms with Crippen molar-refractivity contribution in [3.63, 3.8) is 0 Å². The van der Waals surface area contributed by atoms with Crippen LogP contribution in [0.3, 0.4) is 0 Å². The Morgan fingerprint density at radius 3 is 2.29 bits per heavy atom. The average molecular weight is 195 g/mol. The van der Waals surface area contributed by atoms with Gasteiger partial charge in [-0.1, -0.05) is 0 Å². The largest absolute Gasteiger partial charge is 0.299 e. The van der Waals surface area contributed by atoms with E-state index in [0.717, 1.165) is 19.6 Å². The Morgan fingerprint density at radius 2 is 1.86 bits per heavy atom. The second-order valence-corrected chi connectivity index (χ2v) is 4.61. The highest BCUT2D eigenvalue weighted by Crippen LogP contribution is 2.14. The van der Waals surface area contributed by atoms with Crippen LogP contribution in [0.4, 0.5) is 0 Å². The maximum atomic E-state index is 8.76. The molecule has 0 N–H and O–H groups in total. The van der Waals surface area contributed by atoms with Gasteiger partial charge in [0.15, 0.2) is 0 Å². The van der Waals surface area contributed by atoms with Crippen LogP contribution in [0.1, 0.15) is 20.8 Å². The molecule has 3 heteroatoms. The van der Waals surface area contributed by atoms with E-state index in [1.807, 2.05) is 6.92 Å². The minimum absolute atomic E-state index is 0.151. The molecule has 0 amide bonds. The van der Waals surface area contributed by atoms with Crippen molar-refractivity contribution in [1.29, 1.82) is 5.26 Å². The zero-order valence-corrected chi connectivity index (χ0v) is 9.70. The van der Waals surface area contributed by atoms with E-state index < -0.39 is 0 Å². The van der Waals surface area contributed by atoms with Gasteiger partial charge in [-0.2, -0.15) is 5.26 Å². The first-order chi connectivity index (χ1) is 6.54. The molecule has 0 saturated carbocycles. The van der Waals surface area contributed by atoms with Crippen LogP contribution in [0.15, 0.2) is 0 Å². The highest BCUT2D eigenvalue weighted by atomic mass is 15.3. The maximum absolute atomic E-state index is 8.76. The summed E-state index contributed by atoms with van der Waals surface area (Å²) in [5.74, 6) is 0.151. The molecule has 0 radical (unpaired) electrons. The smallest absolute Gasteiger partial charge is 0.0666 e. The summed E-state index contributed by atoms with van der Waals surface area (Å²) < 4.78 is 0. The highest BCUT2D eigenvalue weighted by molar-refractivity contribution is 4.87. The van der Waals surface area contributed by atoms with Crippen LogP contribution in [-0.4, -0.2) is 48.6 Å². The van der Waals surface area contributed by atoms with E-state index in [2.05, 4.69) is 36.8 Å². The lowest BCUT2D eigenvalue weighted by molar-refractivity contribution is 0.0559. The van der Waals surface area contributed by atoms with Gasteiger partial charge in [-0.25, -0.2) is 0 Å². The Labute approximate surface area is 87.3 Å². The Balaban J connectivity index is 2.46. The standard InChI is InChI=1S/C11H21N3/c1-9(5-12)6-14-7-10(2)13(4)11(3)8-14/h9-11H,6-8H2,1-4H3/t9?,10-,11+. The Bertz CT molecular complexity index is 209. The lowest BCUT2D eigenvalue weighted by Crippen LogP contribution is -2.55. The van der Waals surface area contributed by atoms with Crippen molar-refractivity contribution < 1.29 is 0 Å². The molecule has 1 saturated heterocycles. The van der Waals surface area contributed by atoms with E-state index in [1.54, 1.807) is 0 Å². The molecule has 1 unspecified atom stereocenters. The third kappa shape index (κ3) is 2.70. The third-order valence-electron chi connectivity index (χ3n) is 3.19. The molecule has 80 valence electrons. The normalized spacial score (nSPS) is 32.5. The summed E-state index contributed by atoms with van der Waals surface area (Å²) in [6.45, 7) is 9.59. The van der Waals surface area contributed by atoms with Crippen molar-refractivity contribution in [2.75, 3.05) is 26.7 Å². The molecule has 0 aromatic rings. The Hall–Kier alpha value is -0.590. The first-order valence-electron chi connectivity index (χ1n) is 5.38. The van der Waals surface area contributed by atoms with Crippen molar-refractivity contribution in [2.45, 2.75) is 32.9 Å². The van der Waals surface area contributed by atoms with E-state index in [4.69, 9.17) is 5.26 Å². The van der Waals surface area contributed by atoms with Crippen molar-refractivity contribution in [3.05, 3.63) is 0 Å². The zero-order chi connectivity index (χ0) is 10.7. The van der Waals surface area contributed by atoms with Crippen LogP contribution in [0.2, 0.25) is 0 Å². The summed E-state index contributed by atoms with van der Waals surface area (Å²) >= 11 is 0. The fourth-order valence-electron chi connectivity index (χ4n) is 2.09. The van der Waals surface area contributed by atoms with Crippen LogP contribution in [0, 0.1) is 17.2 Å². The molecule has 1 fully saturated rings. The van der Waals surface area contributed by atoms with Gasteiger partial charge in [0.1, 0.15) is 0 Å². The molecule has 0 aromatic carbocycles. The predicted molar refractivity (Wildman–Crippen MR) is 57.9 cm³/mol. The van der Waals surface area contributed by atoms with Gasteiger partial charge in [0, 0.05) is 31.7 Å². The van der Waals surface area contributed by atoms with Gasteiger partial charge < -0.3 is 0 Å². The second-order valence-electron chi connectivity index (χ2n) is 4.61. The van der Waals surface area contributed by atoms with Gasteiger partial charge >= 0.3 is 0 Å². The maximum Gasteiger partial charge on any atom is 0.0666 e. The van der Waals surface area contributed by atoms with Crippen LogP contribution < -0.4 is 0 Å². The molecule has 1 heterocycles. The van der Waals surface area contributed by atoms with Gasteiger partial charge in [-0.15, -0.1) is 0 Å². The lowest BCUT2D eigenvalue weighted by atomic mass is 10.1. The Kier molecular flexibility index (Phi) is 3.91. The van der Waals surface area contributed by atoms with Crippen molar-refractivity contribution >= 4 is 0 Å². The summed E-state index contributed by atoms with van der Waals surface area (Å²) in [5, 5.41) is 8.76. The van der Waals surface area contributed by atoms with Crippen LogP contribution in [0.5, 0.6) is 0 Å². The van der Waals surface area contributed by atoms with Gasteiger partial charge in [0.05, 0.1) is 12.0 Å². The summed E-state index contributed by atoms with van der Waals surface area (Å²) in [4.78, 5) is 4.82. The van der Waals surface area contributed by atoms with Crippen LogP contribution in [-0.2, 0) is 0 Å². The van der Waals surface area contributed by atoms with Gasteiger partial charge in [-0.05, 0) is 27.8 Å². The van der Waals surface area contributed by atoms with Crippen molar-refractivity contribution in [1.82, 2.24) is 9.80 Å². The SMILES string of the molecule is CC(C#N)CN1C[C@@H](C)N(C)[C@@H](C)C1. The van der Waals surface area contributed by atoms with E-state index in [1.165, 1.54) is 0 Å². The molecular formula is C11H21N3. The molecule has 3 atom stereocenters. The fourth-order valence-corrected chi connectivity index (χ4v) is 2.09. The van der Waals surface area contributed by atoms with Gasteiger partial charge in [0.25, 0.3) is 0 Å². The summed E-state index contributed by atoms with van der Waals surface area (Å²) in [6.07, 6.45) is 0. The van der Waals surface area contributed by atoms with E-state index in [-0.39, 0.29) is 5.92 Å². The first-order valence-corrected chi connectivity index (χ1v) is 5.38. The minimum atomic E-state index is 0.151. The topological polar surface area (TPSA) is 30.3 Å². The molecule has 0 aromatic heterocycles. The average Bonchev–Trinajstić information content (AvgIpc) is 2.14. The quantitative estimate of drug-likeness (QED) is 0.662. The first kappa shape index (κ1) is 11.5. The van der Waals surface area contributed by atoms with E-state index in [0.29, 0.717) is 12.1 Å². The molecule has 0 aliphatic carbocycles. The van der Waals surface area contributed by atoms with E-state index >= 15 is 0 Å². The summed E-state index contributed by atoms with van der Waals surface area (Å²) in [5.41, 5.74) is 0. The second kappa shape index (κ2) is 4.77. The monoisotopic (exact) mass is 195 g/mol. The molecule has 1 aliphatic heterocycles. The number of likely N-dealkylation sites (N-methyl/N-ethyl adjacent to an activating group) is 1. The summed E-state index contributed by atoms with van der Waals surface area (Å²) in [6, 6.07) is 3.50. The molecule has 3 nitrogen and oxygen atoms in total. The highest BCUT2D eigenvalue weighted by Gasteiger charge is 2.26. The minimum Gasteiger partial charge on any atom is -0.299 e. The molecule has 0 bridgehead atoms. The number of piperazine rings is 1. The molecule has 14 heavy (non-hydrogen) atoms. The van der Waals surface area contributed by atoms with E-state index in [9.17, 15) is 0 Å². The molecule has 0 spiro atoms. The predicted octanol–water partition coefficient (Wildman–Crippen LogP) is 1.17. The van der Waals surface area contributed by atoms with Crippen molar-refractivity contribution in [3.8, 4) is 6.07 Å². The van der Waals surface area contributed by atoms with Crippen LogP contribution in [0.25, 0.3) is 0 Å². The molecule has 1 rings (SSSR count). The zero-order valence-electron chi connectivity index (χ0n) is 9.70. The summed E-state index contributed by atoms with van der Waals surface area (Å²) in [7, 11) is 2.18. The number of hydrogen-bond acceptors (Lipinski definition) is 3. The van der Waals surface area contributed by atoms with Crippen molar-refractivity contribution in [2.24, 2.45) is 5.92 Å². The number of nitrogens with zero attached hydrogens (tertiary/aromatic N) is 3. The number of hydrogen-bond donors (Lipinski definition) is 0. The van der Waals surface area contributed by atoms with Gasteiger partial charge in [-0.3, -0.25) is 9.80 Å². The molecule has 1 aliphatic rings. The third-order valence-corrected chi connectivity index (χ3v) is 3.19. The number of nitriles is 1. The van der Waals surface area contributed by atoms with Crippen LogP contribution >= 0.6 is 0 Å². The molecular weight excluding hydrogens is 174 g/mol. The number of rotatable bonds is 2. The Morgan fingerprint density at radius 1 is 1.36 bits per heavy atom. The lowest BCUT2D eigenvalue weighted by Gasteiger charge is -2.42.